The maximum atomic E-state index is 12.1. The summed E-state index contributed by atoms with van der Waals surface area (Å²) >= 11 is 1.77. The van der Waals surface area contributed by atoms with Crippen LogP contribution in [-0.2, 0) is 15.3 Å². The number of ether oxygens (including phenoxy) is 1. The van der Waals surface area contributed by atoms with Crippen LogP contribution in [0.2, 0.25) is 0 Å². The van der Waals surface area contributed by atoms with Crippen LogP contribution in [0.25, 0.3) is 0 Å². The number of esters is 1. The van der Waals surface area contributed by atoms with Crippen molar-refractivity contribution in [3.8, 4) is 0 Å². The highest BCUT2D eigenvalue weighted by Gasteiger charge is 2.37. The number of rotatable bonds is 11. The Morgan fingerprint density at radius 3 is 2.43 bits per heavy atom. The van der Waals surface area contributed by atoms with E-state index in [-0.39, 0.29) is 36.7 Å². The van der Waals surface area contributed by atoms with Crippen molar-refractivity contribution in [1.82, 2.24) is 5.32 Å². The monoisotopic (exact) mass is 427 g/mol. The standard InChI is InChI=1S/C24H29NO4S/c26-22(15-23(27)25-13-14-30-17-18-7-3-1-4-8-18)21-12-11-20(21)16-29-24(28)19-9-5-2-6-10-19/h1-10,20-22,26H,11-17H2,(H,25,27)/t20-,21+,22+/m0/s1. The van der Waals surface area contributed by atoms with E-state index in [2.05, 4.69) is 17.4 Å². The minimum atomic E-state index is -0.698. The Morgan fingerprint density at radius 1 is 1.07 bits per heavy atom. The Morgan fingerprint density at radius 2 is 1.77 bits per heavy atom. The minimum Gasteiger partial charge on any atom is -0.462 e. The normalized spacial score (nSPS) is 18.8. The molecule has 1 saturated carbocycles. The summed E-state index contributed by atoms with van der Waals surface area (Å²) in [6.07, 6.45) is 1.16. The third-order valence-corrected chi connectivity index (χ3v) is 6.51. The van der Waals surface area contributed by atoms with Crippen LogP contribution in [0.15, 0.2) is 60.7 Å². The van der Waals surface area contributed by atoms with Crippen molar-refractivity contribution in [2.75, 3.05) is 18.9 Å². The number of thioether (sulfide) groups is 1. The van der Waals surface area contributed by atoms with E-state index in [0.717, 1.165) is 24.3 Å². The zero-order chi connectivity index (χ0) is 21.2. The fourth-order valence-corrected chi connectivity index (χ4v) is 4.41. The first kappa shape index (κ1) is 22.4. The molecule has 0 bridgehead atoms. The number of nitrogens with one attached hydrogen (secondary N) is 1. The number of aliphatic hydroxyl groups excluding tert-OH is 1. The second kappa shape index (κ2) is 11.8. The lowest BCUT2D eigenvalue weighted by Crippen LogP contribution is -2.41. The predicted molar refractivity (Wildman–Crippen MR) is 119 cm³/mol. The van der Waals surface area contributed by atoms with Crippen molar-refractivity contribution in [3.63, 3.8) is 0 Å². The molecule has 0 aromatic heterocycles. The Hall–Kier alpha value is -2.31. The molecule has 6 heteroatoms. The highest BCUT2D eigenvalue weighted by Crippen LogP contribution is 2.38. The zero-order valence-corrected chi connectivity index (χ0v) is 17.9. The van der Waals surface area contributed by atoms with Crippen LogP contribution in [-0.4, -0.2) is 42.0 Å². The van der Waals surface area contributed by atoms with Crippen LogP contribution in [0.5, 0.6) is 0 Å². The van der Waals surface area contributed by atoms with Gasteiger partial charge in [0.15, 0.2) is 0 Å². The van der Waals surface area contributed by atoms with E-state index in [1.165, 1.54) is 5.56 Å². The number of hydrogen-bond donors (Lipinski definition) is 2. The van der Waals surface area contributed by atoms with Crippen LogP contribution in [0.1, 0.15) is 35.2 Å². The molecule has 0 unspecified atom stereocenters. The average molecular weight is 428 g/mol. The third kappa shape index (κ3) is 6.89. The topological polar surface area (TPSA) is 75.6 Å². The van der Waals surface area contributed by atoms with Gasteiger partial charge in [-0.05, 0) is 42.4 Å². The molecule has 0 spiro atoms. The smallest absolute Gasteiger partial charge is 0.338 e. The van der Waals surface area contributed by atoms with E-state index < -0.39 is 6.10 Å². The van der Waals surface area contributed by atoms with E-state index in [0.29, 0.717) is 12.1 Å². The van der Waals surface area contributed by atoms with Crippen molar-refractivity contribution in [2.24, 2.45) is 11.8 Å². The van der Waals surface area contributed by atoms with Crippen LogP contribution >= 0.6 is 11.8 Å². The Labute approximate surface area is 182 Å². The Balaban J connectivity index is 1.29. The van der Waals surface area contributed by atoms with Crippen molar-refractivity contribution < 1.29 is 19.4 Å². The summed E-state index contributed by atoms with van der Waals surface area (Å²) in [6.45, 7) is 0.874. The number of benzene rings is 2. The van der Waals surface area contributed by atoms with E-state index in [1.807, 2.05) is 24.3 Å². The molecule has 0 aliphatic heterocycles. The summed E-state index contributed by atoms with van der Waals surface area (Å²) in [7, 11) is 0. The number of amides is 1. The van der Waals surface area contributed by atoms with Gasteiger partial charge in [-0.15, -0.1) is 0 Å². The number of hydrogen-bond acceptors (Lipinski definition) is 5. The lowest BCUT2D eigenvalue weighted by molar-refractivity contribution is -0.125. The van der Waals surface area contributed by atoms with E-state index in [1.54, 1.807) is 36.0 Å². The predicted octanol–water partition coefficient (Wildman–Crippen LogP) is 3.67. The molecule has 0 heterocycles. The van der Waals surface area contributed by atoms with Crippen LogP contribution in [0.4, 0.5) is 0 Å². The van der Waals surface area contributed by atoms with Crippen molar-refractivity contribution in [3.05, 3.63) is 71.8 Å². The summed E-state index contributed by atoms with van der Waals surface area (Å²) in [5.41, 5.74) is 1.80. The fraction of sp³-hybridized carbons (Fsp3) is 0.417. The quantitative estimate of drug-likeness (QED) is 0.423. The van der Waals surface area contributed by atoms with Gasteiger partial charge in [0.05, 0.1) is 24.7 Å². The fourth-order valence-electron chi connectivity index (χ4n) is 3.59. The number of carbonyl (C=O) groups excluding carboxylic acids is 2. The molecule has 0 radical (unpaired) electrons. The lowest BCUT2D eigenvalue weighted by Gasteiger charge is -2.39. The molecule has 2 aromatic rings. The average Bonchev–Trinajstić information content (AvgIpc) is 2.74. The van der Waals surface area contributed by atoms with Crippen molar-refractivity contribution in [2.45, 2.75) is 31.1 Å². The summed E-state index contributed by atoms with van der Waals surface area (Å²) < 4.78 is 5.39. The third-order valence-electron chi connectivity index (χ3n) is 5.48. The van der Waals surface area contributed by atoms with Gasteiger partial charge in [-0.3, -0.25) is 4.79 Å². The minimum absolute atomic E-state index is 0.00628. The highest BCUT2D eigenvalue weighted by atomic mass is 32.2. The molecule has 1 aliphatic rings. The summed E-state index contributed by atoms with van der Waals surface area (Å²) in [6, 6.07) is 19.1. The second-order valence-corrected chi connectivity index (χ2v) is 8.73. The molecular weight excluding hydrogens is 398 g/mol. The molecule has 1 amide bonds. The van der Waals surface area contributed by atoms with Gasteiger partial charge in [0.1, 0.15) is 0 Å². The van der Waals surface area contributed by atoms with E-state index in [4.69, 9.17) is 4.74 Å². The number of carbonyl (C=O) groups is 2. The molecule has 2 aromatic carbocycles. The molecule has 5 nitrogen and oxygen atoms in total. The SMILES string of the molecule is O=C(C[C@@H](O)[C@@H]1CC[C@H]1COC(=O)c1ccccc1)NCCSCc1ccccc1. The van der Waals surface area contributed by atoms with Gasteiger partial charge >= 0.3 is 5.97 Å². The Bertz CT molecular complexity index is 799. The van der Waals surface area contributed by atoms with Crippen molar-refractivity contribution >= 4 is 23.6 Å². The first-order valence-corrected chi connectivity index (χ1v) is 11.6. The zero-order valence-electron chi connectivity index (χ0n) is 17.0. The van der Waals surface area contributed by atoms with Crippen LogP contribution < -0.4 is 5.32 Å². The molecule has 3 rings (SSSR count). The van der Waals surface area contributed by atoms with Crippen molar-refractivity contribution in [1.29, 1.82) is 0 Å². The summed E-state index contributed by atoms with van der Waals surface area (Å²) in [5.74, 6) is 1.40. The summed E-state index contributed by atoms with van der Waals surface area (Å²) in [5, 5.41) is 13.3. The van der Waals surface area contributed by atoms with E-state index in [9.17, 15) is 14.7 Å². The molecule has 1 aliphatic carbocycles. The summed E-state index contributed by atoms with van der Waals surface area (Å²) in [4.78, 5) is 24.2. The molecule has 30 heavy (non-hydrogen) atoms. The van der Waals surface area contributed by atoms with Gasteiger partial charge in [0.2, 0.25) is 5.91 Å². The van der Waals surface area contributed by atoms with Gasteiger partial charge in [0, 0.05) is 18.1 Å². The second-order valence-electron chi connectivity index (χ2n) is 7.63. The highest BCUT2D eigenvalue weighted by molar-refractivity contribution is 7.98. The first-order valence-electron chi connectivity index (χ1n) is 10.4. The lowest BCUT2D eigenvalue weighted by atomic mass is 9.70. The van der Waals surface area contributed by atoms with Gasteiger partial charge in [-0.25, -0.2) is 4.79 Å². The maximum absolute atomic E-state index is 12.1. The van der Waals surface area contributed by atoms with Crippen LogP contribution in [0.3, 0.4) is 0 Å². The van der Waals surface area contributed by atoms with Gasteiger partial charge in [-0.1, -0.05) is 48.5 Å². The molecule has 0 saturated heterocycles. The molecule has 3 atom stereocenters. The first-order chi connectivity index (χ1) is 14.6. The largest absolute Gasteiger partial charge is 0.462 e. The van der Waals surface area contributed by atoms with Crippen LogP contribution in [0, 0.1) is 11.8 Å². The molecule has 2 N–H and O–H groups in total. The maximum Gasteiger partial charge on any atom is 0.338 e. The molecular formula is C24H29NO4S. The van der Waals surface area contributed by atoms with Gasteiger partial charge in [0.25, 0.3) is 0 Å². The van der Waals surface area contributed by atoms with Gasteiger partial charge < -0.3 is 15.2 Å². The molecule has 160 valence electrons. The van der Waals surface area contributed by atoms with Gasteiger partial charge in [-0.2, -0.15) is 11.8 Å². The number of aliphatic hydroxyl groups is 1. The molecule has 1 fully saturated rings. The Kier molecular flexibility index (Phi) is 8.78. The van der Waals surface area contributed by atoms with E-state index >= 15 is 0 Å².